The standard InChI is InChI=1S/C25H30N4O3/c1-14-7-10-20(32-12-16-8-9-16)17(11-14)22-24-23(27-13-26-22)21(15(2)28-24)25(31)29-18-5-3-4-6-19(18)30/h7,10-11,13,16,18-19,28,30H,3-6,8-9,12H2,1-2H3,(H,29,31)/t18-,19+/m1/s1. The molecule has 3 aromatic rings. The molecule has 0 spiro atoms. The summed E-state index contributed by atoms with van der Waals surface area (Å²) in [6.45, 7) is 4.63. The number of aromatic nitrogens is 3. The Kier molecular flexibility index (Phi) is 5.59. The molecule has 3 N–H and O–H groups in total. The fraction of sp³-hybridized carbons (Fsp3) is 0.480. The number of amides is 1. The van der Waals surface area contributed by atoms with Gasteiger partial charge in [-0.05, 0) is 57.6 Å². The molecule has 2 heterocycles. The lowest BCUT2D eigenvalue weighted by atomic mass is 9.92. The average molecular weight is 435 g/mol. The topological polar surface area (TPSA) is 100 Å². The van der Waals surface area contributed by atoms with E-state index in [0.29, 0.717) is 23.6 Å². The maximum atomic E-state index is 13.2. The minimum atomic E-state index is -0.498. The Morgan fingerprint density at radius 2 is 2.00 bits per heavy atom. The number of fused-ring (bicyclic) bond motifs is 1. The van der Waals surface area contributed by atoms with E-state index in [9.17, 15) is 9.90 Å². The zero-order valence-electron chi connectivity index (χ0n) is 18.6. The van der Waals surface area contributed by atoms with Gasteiger partial charge in [-0.25, -0.2) is 9.97 Å². The van der Waals surface area contributed by atoms with Crippen LogP contribution >= 0.6 is 0 Å². The molecule has 5 rings (SSSR count). The van der Waals surface area contributed by atoms with Gasteiger partial charge in [0.2, 0.25) is 0 Å². The summed E-state index contributed by atoms with van der Waals surface area (Å²) < 4.78 is 6.13. The molecule has 0 aliphatic heterocycles. The number of carbonyl (C=O) groups is 1. The fourth-order valence-corrected chi connectivity index (χ4v) is 4.57. The zero-order valence-corrected chi connectivity index (χ0v) is 18.6. The monoisotopic (exact) mass is 434 g/mol. The van der Waals surface area contributed by atoms with Gasteiger partial charge in [-0.15, -0.1) is 0 Å². The molecular formula is C25H30N4O3. The normalized spacial score (nSPS) is 21.0. The number of hydrogen-bond donors (Lipinski definition) is 3. The van der Waals surface area contributed by atoms with Crippen LogP contribution in [0, 0.1) is 19.8 Å². The number of H-pyrrole nitrogens is 1. The van der Waals surface area contributed by atoms with Gasteiger partial charge in [0.1, 0.15) is 23.3 Å². The lowest BCUT2D eigenvalue weighted by Gasteiger charge is -2.28. The minimum Gasteiger partial charge on any atom is -0.493 e. The molecule has 0 radical (unpaired) electrons. The number of aryl methyl sites for hydroxylation is 2. The van der Waals surface area contributed by atoms with E-state index in [1.807, 2.05) is 26.0 Å². The molecule has 2 aliphatic carbocycles. The van der Waals surface area contributed by atoms with Crippen molar-refractivity contribution in [3.63, 3.8) is 0 Å². The molecule has 0 bridgehead atoms. The third-order valence-corrected chi connectivity index (χ3v) is 6.61. The number of nitrogens with zero attached hydrogens (tertiary/aromatic N) is 2. The quantitative estimate of drug-likeness (QED) is 0.543. The van der Waals surface area contributed by atoms with Gasteiger partial charge in [0.15, 0.2) is 0 Å². The van der Waals surface area contributed by atoms with E-state index in [1.165, 1.54) is 19.2 Å². The highest BCUT2D eigenvalue weighted by Crippen LogP contribution is 2.37. The first-order valence-electron chi connectivity index (χ1n) is 11.6. The SMILES string of the molecule is Cc1ccc(OCC2CC2)c(-c2ncnc3c(C(=O)N[C@@H]4CCCC[C@@H]4O)c(C)[nH]c23)c1. The molecule has 0 unspecified atom stereocenters. The van der Waals surface area contributed by atoms with Crippen LogP contribution in [0.1, 0.15) is 60.1 Å². The molecule has 32 heavy (non-hydrogen) atoms. The van der Waals surface area contributed by atoms with Crippen molar-refractivity contribution in [1.29, 1.82) is 0 Å². The number of aliphatic hydroxyl groups is 1. The van der Waals surface area contributed by atoms with Crippen LogP contribution in [0.4, 0.5) is 0 Å². The van der Waals surface area contributed by atoms with Crippen molar-refractivity contribution in [2.75, 3.05) is 6.61 Å². The van der Waals surface area contributed by atoms with E-state index in [4.69, 9.17) is 4.74 Å². The molecule has 2 atom stereocenters. The summed E-state index contributed by atoms with van der Waals surface area (Å²) in [5.41, 5.74) is 5.29. The second-order valence-corrected chi connectivity index (χ2v) is 9.26. The van der Waals surface area contributed by atoms with Crippen molar-refractivity contribution in [3.05, 3.63) is 41.3 Å². The third kappa shape index (κ3) is 4.09. The highest BCUT2D eigenvalue weighted by molar-refractivity contribution is 6.09. The molecule has 0 saturated heterocycles. The number of ether oxygens (including phenoxy) is 1. The van der Waals surface area contributed by atoms with Gasteiger partial charge < -0.3 is 20.1 Å². The van der Waals surface area contributed by atoms with Gasteiger partial charge >= 0.3 is 0 Å². The Morgan fingerprint density at radius 3 is 2.78 bits per heavy atom. The number of nitrogens with one attached hydrogen (secondary N) is 2. The average Bonchev–Trinajstić information content (AvgIpc) is 3.54. The smallest absolute Gasteiger partial charge is 0.255 e. The molecule has 2 fully saturated rings. The number of benzene rings is 1. The summed E-state index contributed by atoms with van der Waals surface area (Å²) in [4.78, 5) is 25.5. The first-order valence-corrected chi connectivity index (χ1v) is 11.6. The molecule has 7 nitrogen and oxygen atoms in total. The van der Waals surface area contributed by atoms with E-state index in [1.54, 1.807) is 0 Å². The molecule has 168 valence electrons. The van der Waals surface area contributed by atoms with Crippen molar-refractivity contribution in [3.8, 4) is 17.0 Å². The molecular weight excluding hydrogens is 404 g/mol. The van der Waals surface area contributed by atoms with Crippen molar-refractivity contribution in [1.82, 2.24) is 20.3 Å². The summed E-state index contributed by atoms with van der Waals surface area (Å²) >= 11 is 0. The highest BCUT2D eigenvalue weighted by Gasteiger charge is 2.28. The zero-order chi connectivity index (χ0) is 22.2. The predicted molar refractivity (Wildman–Crippen MR) is 123 cm³/mol. The van der Waals surface area contributed by atoms with Gasteiger partial charge in [-0.2, -0.15) is 0 Å². The Balaban J connectivity index is 1.51. The van der Waals surface area contributed by atoms with E-state index in [2.05, 4.69) is 26.3 Å². The Labute approximate surface area is 187 Å². The van der Waals surface area contributed by atoms with Crippen LogP contribution in [0.15, 0.2) is 24.5 Å². The van der Waals surface area contributed by atoms with Gasteiger partial charge in [0.25, 0.3) is 5.91 Å². The summed E-state index contributed by atoms with van der Waals surface area (Å²) in [7, 11) is 0. The van der Waals surface area contributed by atoms with Gasteiger partial charge in [0.05, 0.1) is 29.8 Å². The van der Waals surface area contributed by atoms with Crippen LogP contribution in [-0.4, -0.2) is 44.7 Å². The molecule has 7 heteroatoms. The Morgan fingerprint density at radius 1 is 1.19 bits per heavy atom. The predicted octanol–water partition coefficient (Wildman–Crippen LogP) is 4.06. The van der Waals surface area contributed by atoms with Crippen LogP contribution in [0.3, 0.4) is 0 Å². The van der Waals surface area contributed by atoms with E-state index < -0.39 is 6.10 Å². The fourth-order valence-electron chi connectivity index (χ4n) is 4.57. The summed E-state index contributed by atoms with van der Waals surface area (Å²) in [6, 6.07) is 5.88. The summed E-state index contributed by atoms with van der Waals surface area (Å²) in [5, 5.41) is 13.3. The van der Waals surface area contributed by atoms with Crippen LogP contribution in [0.25, 0.3) is 22.3 Å². The van der Waals surface area contributed by atoms with E-state index >= 15 is 0 Å². The molecule has 2 aliphatic rings. The first-order chi connectivity index (χ1) is 15.5. The Bertz CT molecular complexity index is 1150. The maximum absolute atomic E-state index is 13.2. The van der Waals surface area contributed by atoms with Crippen molar-refractivity contribution < 1.29 is 14.6 Å². The van der Waals surface area contributed by atoms with Crippen LogP contribution < -0.4 is 10.1 Å². The molecule has 1 aromatic carbocycles. The number of carbonyl (C=O) groups excluding carboxylic acids is 1. The second-order valence-electron chi connectivity index (χ2n) is 9.26. The largest absolute Gasteiger partial charge is 0.493 e. The van der Waals surface area contributed by atoms with Gasteiger partial charge in [-0.3, -0.25) is 4.79 Å². The lowest BCUT2D eigenvalue weighted by molar-refractivity contribution is 0.0718. The van der Waals surface area contributed by atoms with E-state index in [0.717, 1.165) is 59.5 Å². The minimum absolute atomic E-state index is 0.209. The van der Waals surface area contributed by atoms with Crippen molar-refractivity contribution in [2.24, 2.45) is 5.92 Å². The van der Waals surface area contributed by atoms with Crippen molar-refractivity contribution >= 4 is 16.9 Å². The summed E-state index contributed by atoms with van der Waals surface area (Å²) in [5.74, 6) is 1.23. The first kappa shape index (κ1) is 20.9. The van der Waals surface area contributed by atoms with Gasteiger partial charge in [0, 0.05) is 11.3 Å². The maximum Gasteiger partial charge on any atom is 0.255 e. The van der Waals surface area contributed by atoms with E-state index in [-0.39, 0.29) is 11.9 Å². The van der Waals surface area contributed by atoms with Gasteiger partial charge in [-0.1, -0.05) is 24.5 Å². The van der Waals surface area contributed by atoms with Crippen LogP contribution in [-0.2, 0) is 0 Å². The van der Waals surface area contributed by atoms with Crippen molar-refractivity contribution in [2.45, 2.75) is 64.5 Å². The Hall–Kier alpha value is -2.93. The van der Waals surface area contributed by atoms with Crippen LogP contribution in [0.5, 0.6) is 5.75 Å². The third-order valence-electron chi connectivity index (χ3n) is 6.61. The summed E-state index contributed by atoms with van der Waals surface area (Å²) in [6.07, 6.45) is 6.98. The molecule has 1 amide bonds. The number of hydrogen-bond acceptors (Lipinski definition) is 5. The second kappa shape index (κ2) is 8.54. The highest BCUT2D eigenvalue weighted by atomic mass is 16.5. The number of aliphatic hydroxyl groups excluding tert-OH is 1. The van der Waals surface area contributed by atoms with Crippen LogP contribution in [0.2, 0.25) is 0 Å². The number of aromatic amines is 1. The number of rotatable bonds is 6. The molecule has 2 aromatic heterocycles. The lowest BCUT2D eigenvalue weighted by Crippen LogP contribution is -2.45. The molecule has 2 saturated carbocycles.